The number of guanidine groups is 1. The van der Waals surface area contributed by atoms with E-state index in [1.165, 1.54) is 0 Å². The number of methoxy groups -OCH3 is 2. The first kappa shape index (κ1) is 19.7. The summed E-state index contributed by atoms with van der Waals surface area (Å²) in [7, 11) is 3.17. The Morgan fingerprint density at radius 2 is 1.85 bits per heavy atom. The lowest BCUT2D eigenvalue weighted by Crippen LogP contribution is -2.26. The highest BCUT2D eigenvalue weighted by molar-refractivity contribution is 6.32. The van der Waals surface area contributed by atoms with E-state index in [-0.39, 0.29) is 6.10 Å². The summed E-state index contributed by atoms with van der Waals surface area (Å²) in [6, 6.07) is 12.8. The summed E-state index contributed by atoms with van der Waals surface area (Å²) in [6.45, 7) is 2.43. The van der Waals surface area contributed by atoms with Crippen LogP contribution < -0.4 is 25.3 Å². The van der Waals surface area contributed by atoms with E-state index in [2.05, 4.69) is 10.3 Å². The van der Waals surface area contributed by atoms with Crippen LogP contribution in [0.3, 0.4) is 0 Å². The molecule has 0 saturated carbocycles. The molecule has 1 atom stereocenters. The molecule has 0 fully saturated rings. The highest BCUT2D eigenvalue weighted by atomic mass is 35.5. The first-order chi connectivity index (χ1) is 12.6. The third-order valence-corrected chi connectivity index (χ3v) is 4.02. The summed E-state index contributed by atoms with van der Waals surface area (Å²) < 4.78 is 16.4. The Hall–Kier alpha value is -2.60. The van der Waals surface area contributed by atoms with Gasteiger partial charge in [-0.25, -0.2) is 4.99 Å². The van der Waals surface area contributed by atoms with Crippen LogP contribution in [-0.4, -0.2) is 32.8 Å². The highest BCUT2D eigenvalue weighted by Gasteiger charge is 2.10. The maximum absolute atomic E-state index is 6.13. The zero-order valence-corrected chi connectivity index (χ0v) is 15.9. The van der Waals surface area contributed by atoms with Gasteiger partial charge in [0.15, 0.2) is 17.5 Å². The number of anilines is 1. The van der Waals surface area contributed by atoms with E-state index in [0.29, 0.717) is 34.8 Å². The molecule has 3 N–H and O–H groups in total. The molecule has 0 heterocycles. The maximum Gasteiger partial charge on any atom is 0.193 e. The van der Waals surface area contributed by atoms with Crippen LogP contribution in [0.2, 0.25) is 5.02 Å². The molecule has 6 nitrogen and oxygen atoms in total. The average Bonchev–Trinajstić information content (AvgIpc) is 2.66. The lowest BCUT2D eigenvalue weighted by Gasteiger charge is -2.17. The second kappa shape index (κ2) is 9.77. The Bertz CT molecular complexity index is 753. The summed E-state index contributed by atoms with van der Waals surface area (Å²) >= 11 is 6.13. The minimum atomic E-state index is -0.124. The Morgan fingerprint density at radius 3 is 2.50 bits per heavy atom. The second-order valence-electron chi connectivity index (χ2n) is 5.50. The predicted molar refractivity (Wildman–Crippen MR) is 106 cm³/mol. The van der Waals surface area contributed by atoms with Crippen LogP contribution in [0.15, 0.2) is 47.5 Å². The normalized spacial score (nSPS) is 12.4. The zero-order chi connectivity index (χ0) is 18.9. The molecule has 2 aromatic rings. The first-order valence-corrected chi connectivity index (χ1v) is 8.65. The molecule has 1 unspecified atom stereocenters. The molecule has 2 aromatic carbocycles. The number of para-hydroxylation sites is 1. The van der Waals surface area contributed by atoms with Gasteiger partial charge >= 0.3 is 0 Å². The van der Waals surface area contributed by atoms with Gasteiger partial charge in [0.25, 0.3) is 0 Å². The van der Waals surface area contributed by atoms with Crippen LogP contribution in [0.5, 0.6) is 17.2 Å². The summed E-state index contributed by atoms with van der Waals surface area (Å²) in [5, 5.41) is 3.61. The van der Waals surface area contributed by atoms with Gasteiger partial charge in [-0.1, -0.05) is 30.7 Å². The molecular formula is C19H24ClN3O3. The Kier molecular flexibility index (Phi) is 7.41. The van der Waals surface area contributed by atoms with Crippen molar-refractivity contribution in [3.63, 3.8) is 0 Å². The number of nitrogens with one attached hydrogen (secondary N) is 1. The van der Waals surface area contributed by atoms with Crippen molar-refractivity contribution in [3.05, 3.63) is 47.5 Å². The topological polar surface area (TPSA) is 78.1 Å². The van der Waals surface area contributed by atoms with Gasteiger partial charge in [-0.2, -0.15) is 0 Å². The van der Waals surface area contributed by atoms with Crippen molar-refractivity contribution < 1.29 is 14.2 Å². The molecule has 0 spiro atoms. The van der Waals surface area contributed by atoms with Gasteiger partial charge in [0.2, 0.25) is 0 Å². The smallest absolute Gasteiger partial charge is 0.193 e. The fourth-order valence-electron chi connectivity index (χ4n) is 2.27. The number of benzene rings is 2. The van der Waals surface area contributed by atoms with Crippen LogP contribution in [0.1, 0.15) is 13.3 Å². The van der Waals surface area contributed by atoms with Gasteiger partial charge in [-0.15, -0.1) is 0 Å². The summed E-state index contributed by atoms with van der Waals surface area (Å²) in [5.41, 5.74) is 6.73. The van der Waals surface area contributed by atoms with Gasteiger partial charge < -0.3 is 25.3 Å². The third-order valence-electron chi connectivity index (χ3n) is 3.71. The highest BCUT2D eigenvalue weighted by Crippen LogP contribution is 2.29. The van der Waals surface area contributed by atoms with Crippen molar-refractivity contribution in [2.75, 3.05) is 26.1 Å². The predicted octanol–water partition coefficient (Wildman–Crippen LogP) is 3.94. The number of ether oxygens (including phenoxy) is 3. The fourth-order valence-corrected chi connectivity index (χ4v) is 2.45. The molecular weight excluding hydrogens is 354 g/mol. The van der Waals surface area contributed by atoms with Crippen molar-refractivity contribution in [2.45, 2.75) is 19.4 Å². The molecule has 0 aliphatic heterocycles. The monoisotopic (exact) mass is 377 g/mol. The number of halogens is 1. The van der Waals surface area contributed by atoms with E-state index in [4.69, 9.17) is 31.5 Å². The van der Waals surface area contributed by atoms with Crippen LogP contribution in [-0.2, 0) is 0 Å². The van der Waals surface area contributed by atoms with Crippen molar-refractivity contribution in [3.8, 4) is 17.2 Å². The van der Waals surface area contributed by atoms with Crippen molar-refractivity contribution in [1.29, 1.82) is 0 Å². The molecule has 0 bridgehead atoms. The number of hydrogen-bond donors (Lipinski definition) is 2. The molecule has 0 aliphatic rings. The van der Waals surface area contributed by atoms with Gasteiger partial charge in [0.05, 0.1) is 25.8 Å². The molecule has 0 radical (unpaired) electrons. The van der Waals surface area contributed by atoms with Gasteiger partial charge in [0, 0.05) is 11.8 Å². The molecule has 7 heteroatoms. The minimum absolute atomic E-state index is 0.124. The average molecular weight is 378 g/mol. The number of aliphatic imine (C=N–C) groups is 1. The van der Waals surface area contributed by atoms with Crippen LogP contribution in [0.25, 0.3) is 0 Å². The third kappa shape index (κ3) is 5.46. The summed E-state index contributed by atoms with van der Waals surface area (Å²) in [4.78, 5) is 4.36. The number of hydrogen-bond acceptors (Lipinski definition) is 4. The van der Waals surface area contributed by atoms with Crippen molar-refractivity contribution >= 4 is 23.2 Å². The maximum atomic E-state index is 6.13. The van der Waals surface area contributed by atoms with E-state index in [9.17, 15) is 0 Å². The van der Waals surface area contributed by atoms with Crippen molar-refractivity contribution in [1.82, 2.24) is 0 Å². The molecule has 140 valence electrons. The van der Waals surface area contributed by atoms with E-state index < -0.39 is 0 Å². The van der Waals surface area contributed by atoms with Gasteiger partial charge in [0.1, 0.15) is 11.9 Å². The Labute approximate surface area is 158 Å². The van der Waals surface area contributed by atoms with Gasteiger partial charge in [-0.05, 0) is 30.7 Å². The number of nitrogens with zero attached hydrogens (tertiary/aromatic N) is 1. The van der Waals surface area contributed by atoms with Gasteiger partial charge in [-0.3, -0.25) is 0 Å². The van der Waals surface area contributed by atoms with E-state index >= 15 is 0 Å². The quantitative estimate of drug-likeness (QED) is 0.538. The van der Waals surface area contributed by atoms with Crippen LogP contribution in [0, 0.1) is 0 Å². The van der Waals surface area contributed by atoms with E-state index in [0.717, 1.165) is 12.1 Å². The number of nitrogens with two attached hydrogens (primary N) is 1. The summed E-state index contributed by atoms with van der Waals surface area (Å²) in [5.74, 6) is 2.19. The molecule has 0 saturated heterocycles. The Morgan fingerprint density at radius 1 is 1.12 bits per heavy atom. The van der Waals surface area contributed by atoms with Crippen molar-refractivity contribution in [2.24, 2.45) is 10.7 Å². The summed E-state index contributed by atoms with van der Waals surface area (Å²) in [6.07, 6.45) is 0.652. The lowest BCUT2D eigenvalue weighted by atomic mass is 10.2. The molecule has 0 amide bonds. The molecule has 26 heavy (non-hydrogen) atoms. The number of rotatable bonds is 8. The van der Waals surface area contributed by atoms with E-state index in [1.807, 2.05) is 31.2 Å². The Balaban J connectivity index is 1.99. The molecule has 2 rings (SSSR count). The van der Waals surface area contributed by atoms with Crippen LogP contribution >= 0.6 is 11.6 Å². The SMILES string of the molecule is CCC(CN=C(N)Nc1ccc(OC)c(OC)c1)Oc1ccccc1Cl. The second-order valence-corrected chi connectivity index (χ2v) is 5.91. The zero-order valence-electron chi connectivity index (χ0n) is 15.2. The standard InChI is InChI=1S/C19H24ClN3O3/c1-4-14(26-16-8-6-5-7-15(16)20)12-22-19(21)23-13-9-10-17(24-2)18(11-13)25-3/h5-11,14H,4,12H2,1-3H3,(H3,21,22,23). The lowest BCUT2D eigenvalue weighted by molar-refractivity contribution is 0.206. The minimum Gasteiger partial charge on any atom is -0.493 e. The fraction of sp³-hybridized carbons (Fsp3) is 0.316. The molecule has 0 aromatic heterocycles. The van der Waals surface area contributed by atoms with E-state index in [1.54, 1.807) is 32.4 Å². The van der Waals surface area contributed by atoms with Crippen LogP contribution in [0.4, 0.5) is 5.69 Å². The molecule has 0 aliphatic carbocycles. The largest absolute Gasteiger partial charge is 0.493 e. The first-order valence-electron chi connectivity index (χ1n) is 8.27.